The maximum absolute atomic E-state index is 12.1. The molecule has 1 rings (SSSR count). The van der Waals surface area contributed by atoms with E-state index in [9.17, 15) is 8.42 Å². The Balaban J connectivity index is 2.75. The van der Waals surface area contributed by atoms with Gasteiger partial charge in [-0.2, -0.15) is 0 Å². The van der Waals surface area contributed by atoms with Crippen LogP contribution in [0.5, 0.6) is 0 Å². The largest absolute Gasteiger partial charge is 0.383 e. The molecular formula is C18H32N4O3S. The number of unbranched alkanes of at least 4 members (excludes halogenated alkanes) is 1. The van der Waals surface area contributed by atoms with E-state index in [1.54, 1.807) is 24.3 Å². The lowest BCUT2D eigenvalue weighted by Crippen LogP contribution is -2.39. The molecule has 0 unspecified atom stereocenters. The van der Waals surface area contributed by atoms with Crippen LogP contribution in [-0.4, -0.2) is 59.7 Å². The van der Waals surface area contributed by atoms with Gasteiger partial charge < -0.3 is 15.0 Å². The van der Waals surface area contributed by atoms with Crippen LogP contribution < -0.4 is 10.0 Å². The first-order chi connectivity index (χ1) is 12.4. The van der Waals surface area contributed by atoms with Crippen LogP contribution in [0, 0.1) is 0 Å². The number of nitrogens with one attached hydrogen (secondary N) is 2. The number of methoxy groups -OCH3 is 1. The monoisotopic (exact) mass is 384 g/mol. The number of sulfonamides is 1. The first-order valence-corrected chi connectivity index (χ1v) is 10.5. The van der Waals surface area contributed by atoms with E-state index >= 15 is 0 Å². The molecule has 0 aliphatic heterocycles. The third-order valence-electron chi connectivity index (χ3n) is 3.79. The smallest absolute Gasteiger partial charge is 0.240 e. The summed E-state index contributed by atoms with van der Waals surface area (Å²) in [6, 6.07) is 6.80. The van der Waals surface area contributed by atoms with Crippen molar-refractivity contribution in [2.75, 3.05) is 40.4 Å². The summed E-state index contributed by atoms with van der Waals surface area (Å²) in [5.74, 6) is 0.860. The summed E-state index contributed by atoms with van der Waals surface area (Å²) in [5, 5.41) is 3.28. The molecule has 0 bridgehead atoms. The molecular weight excluding hydrogens is 352 g/mol. The zero-order valence-electron chi connectivity index (χ0n) is 16.3. The number of benzene rings is 1. The van der Waals surface area contributed by atoms with Gasteiger partial charge in [0.25, 0.3) is 0 Å². The summed E-state index contributed by atoms with van der Waals surface area (Å²) in [6.45, 7) is 7.05. The van der Waals surface area contributed by atoms with Gasteiger partial charge in [-0.25, -0.2) is 18.1 Å². The third-order valence-corrected chi connectivity index (χ3v) is 5.26. The van der Waals surface area contributed by atoms with Crippen molar-refractivity contribution in [1.82, 2.24) is 14.9 Å². The molecule has 0 aliphatic rings. The predicted octanol–water partition coefficient (Wildman–Crippen LogP) is 1.81. The molecule has 0 fully saturated rings. The van der Waals surface area contributed by atoms with Crippen molar-refractivity contribution < 1.29 is 13.2 Å². The Kier molecular flexibility index (Phi) is 10.2. The topological polar surface area (TPSA) is 83.0 Å². The molecule has 0 atom stereocenters. The summed E-state index contributed by atoms with van der Waals surface area (Å²) >= 11 is 0. The van der Waals surface area contributed by atoms with Gasteiger partial charge in [0.1, 0.15) is 0 Å². The highest BCUT2D eigenvalue weighted by molar-refractivity contribution is 7.89. The molecule has 1 aromatic carbocycles. The lowest BCUT2D eigenvalue weighted by Gasteiger charge is -2.21. The van der Waals surface area contributed by atoms with Crippen molar-refractivity contribution in [3.05, 3.63) is 29.8 Å². The van der Waals surface area contributed by atoms with Crippen molar-refractivity contribution in [2.24, 2.45) is 4.99 Å². The fourth-order valence-corrected chi connectivity index (χ4v) is 3.29. The molecule has 0 spiro atoms. The van der Waals surface area contributed by atoms with Crippen LogP contribution in [-0.2, 0) is 21.3 Å². The van der Waals surface area contributed by atoms with Crippen LogP contribution in [0.15, 0.2) is 34.2 Å². The molecule has 0 aromatic heterocycles. The van der Waals surface area contributed by atoms with Gasteiger partial charge in [-0.15, -0.1) is 0 Å². The number of rotatable bonds is 11. The number of hydrogen-bond acceptors (Lipinski definition) is 4. The van der Waals surface area contributed by atoms with Crippen LogP contribution in [0.2, 0.25) is 0 Å². The Morgan fingerprint density at radius 2 is 1.92 bits per heavy atom. The number of aliphatic imine (C=N–C) groups is 1. The van der Waals surface area contributed by atoms with Gasteiger partial charge >= 0.3 is 0 Å². The highest BCUT2D eigenvalue weighted by Crippen LogP contribution is 2.11. The Labute approximate surface area is 157 Å². The van der Waals surface area contributed by atoms with Crippen molar-refractivity contribution >= 4 is 16.0 Å². The number of nitrogens with zero attached hydrogens (tertiary/aromatic N) is 2. The van der Waals surface area contributed by atoms with Gasteiger partial charge in [0, 0.05) is 33.8 Å². The lowest BCUT2D eigenvalue weighted by atomic mass is 10.2. The normalized spacial score (nSPS) is 12.2. The van der Waals surface area contributed by atoms with E-state index in [1.165, 1.54) is 7.11 Å². The minimum atomic E-state index is -3.50. The van der Waals surface area contributed by atoms with E-state index in [4.69, 9.17) is 4.74 Å². The van der Waals surface area contributed by atoms with E-state index in [2.05, 4.69) is 26.9 Å². The van der Waals surface area contributed by atoms with E-state index < -0.39 is 10.0 Å². The standard InChI is InChI=1S/C18H32N4O3S/c1-5-7-13-22(3)18(19-6-2)20-15-16-8-10-17(11-9-16)26(23,24)21-12-14-25-4/h8-11,21H,5-7,12-15H2,1-4H3,(H,19,20). The van der Waals surface area contributed by atoms with Crippen molar-refractivity contribution in [3.63, 3.8) is 0 Å². The van der Waals surface area contributed by atoms with Crippen molar-refractivity contribution in [1.29, 1.82) is 0 Å². The van der Waals surface area contributed by atoms with Gasteiger partial charge in [0.15, 0.2) is 5.96 Å². The first-order valence-electron chi connectivity index (χ1n) is 9.01. The van der Waals surface area contributed by atoms with Crippen LogP contribution >= 0.6 is 0 Å². The molecule has 8 heteroatoms. The second kappa shape index (κ2) is 11.9. The first kappa shape index (κ1) is 22.4. The molecule has 148 valence electrons. The molecule has 2 N–H and O–H groups in total. The van der Waals surface area contributed by atoms with E-state index in [0.29, 0.717) is 13.2 Å². The van der Waals surface area contributed by atoms with Gasteiger partial charge in [-0.05, 0) is 31.0 Å². The average Bonchev–Trinajstić information content (AvgIpc) is 2.63. The summed E-state index contributed by atoms with van der Waals surface area (Å²) in [4.78, 5) is 7.00. The van der Waals surface area contributed by atoms with Crippen molar-refractivity contribution in [3.8, 4) is 0 Å². The summed E-state index contributed by atoms with van der Waals surface area (Å²) in [5.41, 5.74) is 0.958. The molecule has 0 aliphatic carbocycles. The summed E-state index contributed by atoms with van der Waals surface area (Å²) < 4.78 is 31.7. The second-order valence-corrected chi connectivity index (χ2v) is 7.75. The van der Waals surface area contributed by atoms with Gasteiger partial charge in [-0.3, -0.25) is 0 Å². The highest BCUT2D eigenvalue weighted by Gasteiger charge is 2.13. The average molecular weight is 385 g/mol. The van der Waals surface area contributed by atoms with Crippen LogP contribution in [0.1, 0.15) is 32.3 Å². The van der Waals surface area contributed by atoms with Gasteiger partial charge in [0.2, 0.25) is 10.0 Å². The number of ether oxygens (including phenoxy) is 1. The quantitative estimate of drug-likeness (QED) is 0.345. The van der Waals surface area contributed by atoms with E-state index in [0.717, 1.165) is 37.5 Å². The maximum Gasteiger partial charge on any atom is 0.240 e. The van der Waals surface area contributed by atoms with E-state index in [-0.39, 0.29) is 11.4 Å². The molecule has 0 saturated carbocycles. The van der Waals surface area contributed by atoms with Crippen LogP contribution in [0.25, 0.3) is 0 Å². The van der Waals surface area contributed by atoms with Crippen LogP contribution in [0.3, 0.4) is 0 Å². The fourth-order valence-electron chi connectivity index (χ4n) is 2.27. The number of hydrogen-bond donors (Lipinski definition) is 2. The molecule has 26 heavy (non-hydrogen) atoms. The highest BCUT2D eigenvalue weighted by atomic mass is 32.2. The molecule has 0 radical (unpaired) electrons. The fraction of sp³-hybridized carbons (Fsp3) is 0.611. The van der Waals surface area contributed by atoms with Crippen LogP contribution in [0.4, 0.5) is 0 Å². The number of guanidine groups is 1. The minimum Gasteiger partial charge on any atom is -0.383 e. The van der Waals surface area contributed by atoms with E-state index in [1.807, 2.05) is 14.0 Å². The summed E-state index contributed by atoms with van der Waals surface area (Å²) in [7, 11) is 0.0597. The molecule has 1 aromatic rings. The zero-order chi connectivity index (χ0) is 19.4. The molecule has 7 nitrogen and oxygen atoms in total. The Morgan fingerprint density at radius 3 is 2.50 bits per heavy atom. The van der Waals surface area contributed by atoms with Crippen molar-refractivity contribution in [2.45, 2.75) is 38.1 Å². The zero-order valence-corrected chi connectivity index (χ0v) is 17.1. The third kappa shape index (κ3) is 7.72. The van der Waals surface area contributed by atoms with Gasteiger partial charge in [-0.1, -0.05) is 25.5 Å². The Morgan fingerprint density at radius 1 is 1.23 bits per heavy atom. The molecule has 0 saturated heterocycles. The Bertz CT molecular complexity index is 645. The lowest BCUT2D eigenvalue weighted by molar-refractivity contribution is 0.204. The molecule has 0 heterocycles. The Hall–Kier alpha value is -1.64. The summed E-state index contributed by atoms with van der Waals surface area (Å²) in [6.07, 6.45) is 2.25. The molecule has 0 amide bonds. The second-order valence-electron chi connectivity index (χ2n) is 5.98. The minimum absolute atomic E-state index is 0.244. The maximum atomic E-state index is 12.1. The van der Waals surface area contributed by atoms with Gasteiger partial charge in [0.05, 0.1) is 18.0 Å². The SMILES string of the molecule is CCCCN(C)C(=NCc1ccc(S(=O)(=O)NCCOC)cc1)NCC. The predicted molar refractivity (Wildman–Crippen MR) is 106 cm³/mol.